The van der Waals surface area contributed by atoms with Crippen molar-refractivity contribution in [2.75, 3.05) is 112 Å². The third-order valence-electron chi connectivity index (χ3n) is 11.4. The van der Waals surface area contributed by atoms with Gasteiger partial charge in [0.25, 0.3) is 5.91 Å². The SMILES string of the molecule is CCOC(=O)CCCCCNC(=O)c1cc(OCC[N+](CC)(CC)CC)c(OCC[N+](CC)(CC)CC)c(OCC[N+](CC)(CC)CC)c1.[Br-].[Br-].[Br-]. The Bertz CT molecular complexity index is 1010. The van der Waals surface area contributed by atoms with E-state index in [1.165, 1.54) is 0 Å². The van der Waals surface area contributed by atoms with Crippen LogP contribution >= 0.6 is 0 Å². The van der Waals surface area contributed by atoms with Gasteiger partial charge in [-0.1, -0.05) is 6.42 Å². The Hall–Kier alpha value is -1.12. The van der Waals surface area contributed by atoms with E-state index in [1.54, 1.807) is 0 Å². The van der Waals surface area contributed by atoms with Gasteiger partial charge in [-0.3, -0.25) is 9.59 Å². The number of halogens is 3. The highest BCUT2D eigenvalue weighted by Gasteiger charge is 2.26. The highest BCUT2D eigenvalue weighted by molar-refractivity contribution is 5.95. The maximum atomic E-state index is 13.5. The highest BCUT2D eigenvalue weighted by atomic mass is 79.9. The Morgan fingerprint density at radius 2 is 0.942 bits per heavy atom. The molecule has 0 aliphatic carbocycles. The van der Waals surface area contributed by atoms with Crippen molar-refractivity contribution in [2.45, 2.75) is 94.9 Å². The molecule has 0 unspecified atom stereocenters. The molecule has 0 atom stereocenters. The summed E-state index contributed by atoms with van der Waals surface area (Å²) < 4.78 is 27.6. The zero-order valence-electron chi connectivity index (χ0n) is 34.4. The van der Waals surface area contributed by atoms with Crippen LogP contribution in [-0.2, 0) is 9.53 Å². The Morgan fingerprint density at radius 3 is 1.31 bits per heavy atom. The predicted molar refractivity (Wildman–Crippen MR) is 201 cm³/mol. The summed E-state index contributed by atoms with van der Waals surface area (Å²) in [5, 5.41) is 3.07. The lowest BCUT2D eigenvalue weighted by atomic mass is 10.1. The van der Waals surface area contributed by atoms with E-state index < -0.39 is 0 Å². The number of benzene rings is 1. The van der Waals surface area contributed by atoms with Gasteiger partial charge in [0.2, 0.25) is 5.75 Å². The van der Waals surface area contributed by atoms with E-state index in [2.05, 4.69) is 67.6 Å². The number of hydrogen-bond donors (Lipinski definition) is 1. The zero-order chi connectivity index (χ0) is 36.8. The third kappa shape index (κ3) is 18.0. The topological polar surface area (TPSA) is 83.1 Å². The zero-order valence-corrected chi connectivity index (χ0v) is 39.2. The second-order valence-corrected chi connectivity index (χ2v) is 13.3. The van der Waals surface area contributed by atoms with Crippen molar-refractivity contribution in [3.63, 3.8) is 0 Å². The molecule has 10 nitrogen and oxygen atoms in total. The van der Waals surface area contributed by atoms with Gasteiger partial charge in [-0.15, -0.1) is 0 Å². The monoisotopic (exact) mass is 932 g/mol. The second kappa shape index (κ2) is 30.1. The average molecular weight is 936 g/mol. The molecule has 0 bridgehead atoms. The number of ether oxygens (including phenoxy) is 4. The first-order valence-corrected chi connectivity index (χ1v) is 19.6. The number of quaternary nitrogens is 3. The molecule has 52 heavy (non-hydrogen) atoms. The van der Waals surface area contributed by atoms with Crippen molar-refractivity contribution in [1.82, 2.24) is 5.32 Å². The molecule has 0 fully saturated rings. The largest absolute Gasteiger partial charge is 1.00 e. The average Bonchev–Trinajstić information content (AvgIpc) is 3.13. The van der Waals surface area contributed by atoms with Crippen molar-refractivity contribution in [1.29, 1.82) is 0 Å². The Morgan fingerprint density at radius 1 is 0.558 bits per heavy atom. The number of amides is 1. The lowest BCUT2D eigenvalue weighted by molar-refractivity contribution is -0.923. The summed E-state index contributed by atoms with van der Waals surface area (Å²) >= 11 is 0. The molecule has 1 rings (SSSR count). The van der Waals surface area contributed by atoms with Crippen molar-refractivity contribution in [2.24, 2.45) is 0 Å². The van der Waals surface area contributed by atoms with Crippen molar-refractivity contribution in [3.05, 3.63) is 17.7 Å². The Kier molecular flexibility index (Phi) is 32.0. The van der Waals surface area contributed by atoms with Crippen LogP contribution in [-0.4, -0.2) is 137 Å². The van der Waals surface area contributed by atoms with E-state index >= 15 is 0 Å². The van der Waals surface area contributed by atoms with Crippen LogP contribution < -0.4 is 70.5 Å². The smallest absolute Gasteiger partial charge is 0.305 e. The van der Waals surface area contributed by atoms with E-state index in [0.717, 1.165) is 111 Å². The number of rotatable bonds is 29. The van der Waals surface area contributed by atoms with E-state index in [-0.39, 0.29) is 62.8 Å². The number of hydrogen-bond acceptors (Lipinski definition) is 6. The fraction of sp³-hybridized carbons (Fsp3) is 0.795. The Labute approximate surface area is 349 Å². The summed E-state index contributed by atoms with van der Waals surface area (Å²) in [6.45, 7) is 36.3. The molecular formula is C39H75Br3N4O6. The minimum absolute atomic E-state index is 0. The predicted octanol–water partition coefficient (Wildman–Crippen LogP) is -2.68. The maximum Gasteiger partial charge on any atom is 0.305 e. The fourth-order valence-electron chi connectivity index (χ4n) is 6.65. The van der Waals surface area contributed by atoms with Crippen LogP contribution in [0.2, 0.25) is 0 Å². The standard InChI is InChI=1S/C39H74N4O6.3BrH/c1-11-41(12-2,13-3)26-29-47-35-32-34(39(45)40-25-23-21-22-24-37(44)46-20-10)33-36(48-30-27-42(14-4,15-5)16-6)38(35)49-31-28-43(17-7,18-8)19-9;;;/h32-33H,11-31H2,1-10H3;3*1H/q+2;;;/p-2. The van der Waals surface area contributed by atoms with Gasteiger partial charge in [0.1, 0.15) is 39.5 Å². The summed E-state index contributed by atoms with van der Waals surface area (Å²) in [6, 6.07) is 3.64. The number of unbranched alkanes of at least 4 members (excludes halogenated alkanes) is 2. The van der Waals surface area contributed by atoms with Gasteiger partial charge < -0.3 is 88.7 Å². The maximum absolute atomic E-state index is 13.5. The molecule has 0 aliphatic rings. The number of likely N-dealkylation sites (N-methyl/N-ethyl adjacent to an activating group) is 3. The van der Waals surface area contributed by atoms with Crippen LogP contribution in [0.5, 0.6) is 17.2 Å². The molecule has 0 saturated carbocycles. The van der Waals surface area contributed by atoms with Gasteiger partial charge in [-0.05, 0) is 94.2 Å². The van der Waals surface area contributed by atoms with Crippen LogP contribution in [0.3, 0.4) is 0 Å². The summed E-state index contributed by atoms with van der Waals surface area (Å²) in [5.41, 5.74) is 0.495. The lowest BCUT2D eigenvalue weighted by Gasteiger charge is -2.36. The molecule has 1 N–H and O–H groups in total. The highest BCUT2D eigenvalue weighted by Crippen LogP contribution is 2.39. The number of carbonyl (C=O) groups excluding carboxylic acids is 2. The molecule has 1 amide bonds. The molecule has 1 aromatic rings. The number of esters is 1. The van der Waals surface area contributed by atoms with Crippen molar-refractivity contribution in [3.8, 4) is 17.2 Å². The van der Waals surface area contributed by atoms with Crippen LogP contribution in [0.15, 0.2) is 12.1 Å². The van der Waals surface area contributed by atoms with E-state index in [4.69, 9.17) is 18.9 Å². The van der Waals surface area contributed by atoms with Crippen molar-refractivity contribution < 1.29 is 92.9 Å². The number of nitrogens with zero attached hydrogens (tertiary/aromatic N) is 3. The number of carbonyl (C=O) groups is 2. The quantitative estimate of drug-likeness (QED) is 0.0537. The van der Waals surface area contributed by atoms with E-state index in [1.807, 2.05) is 19.1 Å². The van der Waals surface area contributed by atoms with Crippen LogP contribution in [0.1, 0.15) is 105 Å². The van der Waals surface area contributed by atoms with Crippen molar-refractivity contribution >= 4 is 11.9 Å². The van der Waals surface area contributed by atoms with Gasteiger partial charge in [0.05, 0.1) is 65.5 Å². The Balaban J connectivity index is -0.00000800. The van der Waals surface area contributed by atoms with Crippen LogP contribution in [0, 0.1) is 0 Å². The van der Waals surface area contributed by atoms with Crippen LogP contribution in [0.25, 0.3) is 0 Å². The summed E-state index contributed by atoms with van der Waals surface area (Å²) in [7, 11) is 0. The second-order valence-electron chi connectivity index (χ2n) is 13.3. The van der Waals surface area contributed by atoms with Crippen LogP contribution in [0.4, 0.5) is 0 Å². The van der Waals surface area contributed by atoms with Gasteiger partial charge in [-0.2, -0.15) is 0 Å². The molecule has 0 aromatic heterocycles. The molecule has 13 heteroatoms. The molecule has 1 aromatic carbocycles. The first-order chi connectivity index (χ1) is 23.6. The van der Waals surface area contributed by atoms with E-state index in [9.17, 15) is 9.59 Å². The third-order valence-corrected chi connectivity index (χ3v) is 11.4. The van der Waals surface area contributed by atoms with E-state index in [0.29, 0.717) is 62.2 Å². The van der Waals surface area contributed by atoms with Gasteiger partial charge in [-0.25, -0.2) is 0 Å². The molecule has 308 valence electrons. The number of nitrogens with one attached hydrogen (secondary N) is 1. The summed E-state index contributed by atoms with van der Waals surface area (Å²) in [6.07, 6.45) is 2.76. The minimum atomic E-state index is -0.174. The summed E-state index contributed by atoms with van der Waals surface area (Å²) in [5.74, 6) is 1.36. The molecule has 0 heterocycles. The normalized spacial score (nSPS) is 11.4. The molecule has 0 radical (unpaired) electrons. The van der Waals surface area contributed by atoms with Gasteiger partial charge in [0, 0.05) is 18.5 Å². The molecular weight excluding hydrogens is 860 g/mol. The minimum Gasteiger partial charge on any atom is -1.00 e. The molecule has 0 spiro atoms. The lowest BCUT2D eigenvalue weighted by Crippen LogP contribution is -3.00. The first kappa shape index (κ1) is 55.2. The van der Waals surface area contributed by atoms with Gasteiger partial charge >= 0.3 is 5.97 Å². The first-order valence-electron chi connectivity index (χ1n) is 19.6. The van der Waals surface area contributed by atoms with Gasteiger partial charge in [0.15, 0.2) is 11.5 Å². The molecule has 0 aliphatic heterocycles. The molecule has 0 saturated heterocycles. The summed E-state index contributed by atoms with van der Waals surface area (Å²) in [4.78, 5) is 25.2. The fourth-order valence-corrected chi connectivity index (χ4v) is 6.65.